The lowest BCUT2D eigenvalue weighted by Crippen LogP contribution is -2.26. The van der Waals surface area contributed by atoms with Crippen LogP contribution in [0.25, 0.3) is 0 Å². The van der Waals surface area contributed by atoms with Gasteiger partial charge in [0.1, 0.15) is 5.82 Å². The van der Waals surface area contributed by atoms with Crippen LogP contribution in [0.1, 0.15) is 25.3 Å². The number of anilines is 1. The van der Waals surface area contributed by atoms with E-state index in [-0.39, 0.29) is 41.7 Å². The number of nitrogen functional groups attached to an aromatic ring is 1. The van der Waals surface area contributed by atoms with Gasteiger partial charge in [0.25, 0.3) is 0 Å². The number of sulfonamides is 1. The highest BCUT2D eigenvalue weighted by atomic mass is 32.2. The van der Waals surface area contributed by atoms with Crippen molar-refractivity contribution in [1.82, 2.24) is 4.72 Å². The molecule has 0 saturated heterocycles. The van der Waals surface area contributed by atoms with E-state index in [1.54, 1.807) is 6.92 Å². The van der Waals surface area contributed by atoms with Gasteiger partial charge in [0, 0.05) is 24.2 Å². The molecule has 6 nitrogen and oxygen atoms in total. The summed E-state index contributed by atoms with van der Waals surface area (Å²) in [6.45, 7) is 3.39. The molecule has 0 radical (unpaired) electrons. The third-order valence-electron chi connectivity index (χ3n) is 2.76. The molecule has 8 heteroatoms. The van der Waals surface area contributed by atoms with Crippen LogP contribution in [-0.2, 0) is 19.6 Å². The van der Waals surface area contributed by atoms with Crippen LogP contribution in [0.3, 0.4) is 0 Å². The van der Waals surface area contributed by atoms with Gasteiger partial charge < -0.3 is 10.5 Å². The normalized spacial score (nSPS) is 11.4. The number of hydrogen-bond acceptors (Lipinski definition) is 5. The van der Waals surface area contributed by atoms with Gasteiger partial charge in [-0.1, -0.05) is 0 Å². The van der Waals surface area contributed by atoms with Crippen LogP contribution in [0.5, 0.6) is 0 Å². The number of nitrogens with one attached hydrogen (secondary N) is 1. The Hall–Kier alpha value is -1.67. The van der Waals surface area contributed by atoms with Crippen LogP contribution in [0.2, 0.25) is 0 Å². The molecule has 0 aliphatic heterocycles. The molecule has 0 bridgehead atoms. The molecular weight excluding hydrogens is 299 g/mol. The van der Waals surface area contributed by atoms with Gasteiger partial charge in [-0.05, 0) is 32.4 Å². The molecule has 0 aromatic heterocycles. The van der Waals surface area contributed by atoms with E-state index in [9.17, 15) is 17.6 Å². The van der Waals surface area contributed by atoms with E-state index >= 15 is 0 Å². The molecular formula is C13H19FN2O4S. The summed E-state index contributed by atoms with van der Waals surface area (Å²) in [7, 11) is -3.87. The maximum atomic E-state index is 13.5. The van der Waals surface area contributed by atoms with E-state index in [2.05, 4.69) is 4.72 Å². The number of esters is 1. The first kappa shape index (κ1) is 17.4. The van der Waals surface area contributed by atoms with E-state index in [1.165, 1.54) is 13.0 Å². The van der Waals surface area contributed by atoms with Crippen LogP contribution in [0.4, 0.5) is 10.1 Å². The molecule has 0 aliphatic carbocycles. The first-order valence-electron chi connectivity index (χ1n) is 6.49. The van der Waals surface area contributed by atoms with Crippen LogP contribution >= 0.6 is 0 Å². The monoisotopic (exact) mass is 318 g/mol. The average Bonchev–Trinajstić information content (AvgIpc) is 2.39. The molecule has 3 N–H and O–H groups in total. The highest BCUT2D eigenvalue weighted by Crippen LogP contribution is 2.21. The summed E-state index contributed by atoms with van der Waals surface area (Å²) in [4.78, 5) is 10.9. The van der Waals surface area contributed by atoms with Gasteiger partial charge in [-0.15, -0.1) is 0 Å². The van der Waals surface area contributed by atoms with Crippen molar-refractivity contribution in [3.63, 3.8) is 0 Å². The number of ether oxygens (including phenoxy) is 1. The molecule has 0 atom stereocenters. The van der Waals surface area contributed by atoms with Gasteiger partial charge in [0.2, 0.25) is 10.0 Å². The Labute approximate surface area is 123 Å². The summed E-state index contributed by atoms with van der Waals surface area (Å²) >= 11 is 0. The van der Waals surface area contributed by atoms with Crippen LogP contribution in [0.15, 0.2) is 17.0 Å². The first-order chi connectivity index (χ1) is 9.77. The molecule has 0 saturated carbocycles. The zero-order valence-electron chi connectivity index (χ0n) is 12.0. The maximum Gasteiger partial charge on any atom is 0.305 e. The number of carbonyl (C=O) groups is 1. The highest BCUT2D eigenvalue weighted by Gasteiger charge is 2.19. The second kappa shape index (κ2) is 7.37. The van der Waals surface area contributed by atoms with Gasteiger partial charge in [-0.3, -0.25) is 4.79 Å². The van der Waals surface area contributed by atoms with Gasteiger partial charge in [0.15, 0.2) is 0 Å². The molecule has 21 heavy (non-hydrogen) atoms. The Kier molecular flexibility index (Phi) is 6.10. The minimum atomic E-state index is -3.87. The third-order valence-corrected chi connectivity index (χ3v) is 4.35. The van der Waals surface area contributed by atoms with Gasteiger partial charge >= 0.3 is 5.97 Å². The van der Waals surface area contributed by atoms with Crippen molar-refractivity contribution in [1.29, 1.82) is 0 Å². The summed E-state index contributed by atoms with van der Waals surface area (Å²) in [5.74, 6) is -1.07. The fourth-order valence-corrected chi connectivity index (χ4v) is 3.06. The van der Waals surface area contributed by atoms with Crippen molar-refractivity contribution in [3.8, 4) is 0 Å². The molecule has 1 rings (SSSR count). The number of benzene rings is 1. The van der Waals surface area contributed by atoms with Crippen molar-refractivity contribution >= 4 is 21.7 Å². The van der Waals surface area contributed by atoms with Crippen molar-refractivity contribution in [2.75, 3.05) is 18.9 Å². The zero-order chi connectivity index (χ0) is 16.0. The van der Waals surface area contributed by atoms with Crippen LogP contribution in [-0.4, -0.2) is 27.5 Å². The molecule has 1 aromatic carbocycles. The summed E-state index contributed by atoms with van der Waals surface area (Å²) in [6.07, 6.45) is 0.405. The molecule has 0 unspecified atom stereocenters. The standard InChI is InChI=1S/C13H19FN2O4S/c1-3-20-13(17)5-4-6-16-21(18,19)12-8-10(15)7-11(14)9(12)2/h7-8,16H,3-6,15H2,1-2H3. The quantitative estimate of drug-likeness (QED) is 0.449. The van der Waals surface area contributed by atoms with E-state index in [0.717, 1.165) is 6.07 Å². The summed E-state index contributed by atoms with van der Waals surface area (Å²) in [5, 5.41) is 0. The minimum Gasteiger partial charge on any atom is -0.466 e. The third kappa shape index (κ3) is 4.98. The van der Waals surface area contributed by atoms with Gasteiger partial charge in [-0.2, -0.15) is 0 Å². The molecule has 0 fully saturated rings. The molecule has 118 valence electrons. The molecule has 0 heterocycles. The summed E-state index contributed by atoms with van der Waals surface area (Å²) in [6, 6.07) is 2.27. The molecule has 0 aliphatic rings. The Morgan fingerprint density at radius 3 is 2.71 bits per heavy atom. The second-order valence-corrected chi connectivity index (χ2v) is 6.17. The Bertz CT molecular complexity index is 617. The Morgan fingerprint density at radius 2 is 2.10 bits per heavy atom. The number of rotatable bonds is 7. The summed E-state index contributed by atoms with van der Waals surface area (Å²) < 4.78 is 44.7. The average molecular weight is 318 g/mol. The number of halogens is 1. The van der Waals surface area contributed by atoms with Crippen LogP contribution in [0, 0.1) is 12.7 Å². The topological polar surface area (TPSA) is 98.5 Å². The fraction of sp³-hybridized carbons (Fsp3) is 0.462. The SMILES string of the molecule is CCOC(=O)CCCNS(=O)(=O)c1cc(N)cc(F)c1C. The lowest BCUT2D eigenvalue weighted by atomic mass is 10.2. The number of hydrogen-bond donors (Lipinski definition) is 2. The largest absolute Gasteiger partial charge is 0.466 e. The van der Waals surface area contributed by atoms with E-state index < -0.39 is 15.8 Å². The second-order valence-electron chi connectivity index (χ2n) is 4.43. The van der Waals surface area contributed by atoms with E-state index in [4.69, 9.17) is 10.5 Å². The number of nitrogens with two attached hydrogens (primary N) is 1. The Balaban J connectivity index is 2.69. The van der Waals surface area contributed by atoms with E-state index in [0.29, 0.717) is 6.42 Å². The van der Waals surface area contributed by atoms with Gasteiger partial charge in [0.05, 0.1) is 11.5 Å². The Morgan fingerprint density at radius 1 is 1.43 bits per heavy atom. The van der Waals surface area contributed by atoms with Crippen LogP contribution < -0.4 is 10.5 Å². The van der Waals surface area contributed by atoms with E-state index in [1.807, 2.05) is 0 Å². The number of carbonyl (C=O) groups excluding carboxylic acids is 1. The van der Waals surface area contributed by atoms with Crippen molar-refractivity contribution in [2.45, 2.75) is 31.6 Å². The fourth-order valence-electron chi connectivity index (χ4n) is 1.70. The van der Waals surface area contributed by atoms with Gasteiger partial charge in [-0.25, -0.2) is 17.5 Å². The predicted molar refractivity (Wildman–Crippen MR) is 76.6 cm³/mol. The molecule has 1 aromatic rings. The highest BCUT2D eigenvalue weighted by molar-refractivity contribution is 7.89. The smallest absolute Gasteiger partial charge is 0.305 e. The summed E-state index contributed by atoms with van der Waals surface area (Å²) in [5.41, 5.74) is 5.49. The first-order valence-corrected chi connectivity index (χ1v) is 7.97. The predicted octanol–water partition coefficient (Wildman–Crippen LogP) is 1.34. The zero-order valence-corrected chi connectivity index (χ0v) is 12.8. The minimum absolute atomic E-state index is 0.00194. The van der Waals surface area contributed by atoms with Crippen molar-refractivity contribution in [2.24, 2.45) is 0 Å². The molecule has 0 amide bonds. The lowest BCUT2D eigenvalue weighted by molar-refractivity contribution is -0.143. The molecule has 0 spiro atoms. The van der Waals surface area contributed by atoms with Crippen molar-refractivity contribution in [3.05, 3.63) is 23.5 Å². The maximum absolute atomic E-state index is 13.5. The lowest BCUT2D eigenvalue weighted by Gasteiger charge is -2.10. The van der Waals surface area contributed by atoms with Crippen molar-refractivity contribution < 1.29 is 22.3 Å².